The van der Waals surface area contributed by atoms with Gasteiger partial charge in [0.05, 0.1) is 12.2 Å². The van der Waals surface area contributed by atoms with Crippen LogP contribution in [0.25, 0.3) is 0 Å². The van der Waals surface area contributed by atoms with E-state index in [2.05, 4.69) is 4.98 Å². The van der Waals surface area contributed by atoms with Gasteiger partial charge in [0.15, 0.2) is 0 Å². The van der Waals surface area contributed by atoms with E-state index < -0.39 is 11.3 Å². The summed E-state index contributed by atoms with van der Waals surface area (Å²) in [5, 5.41) is 0. The zero-order valence-electron chi connectivity index (χ0n) is 18.0. The van der Waals surface area contributed by atoms with Crippen molar-refractivity contribution in [2.75, 3.05) is 32.8 Å². The van der Waals surface area contributed by atoms with Crippen LogP contribution in [-0.2, 0) is 15.0 Å². The summed E-state index contributed by atoms with van der Waals surface area (Å²) in [5.41, 5.74) is 5.90. The van der Waals surface area contributed by atoms with E-state index in [0.717, 1.165) is 13.0 Å². The molecule has 2 N–H and O–H groups in total. The minimum absolute atomic E-state index is 0.161. The van der Waals surface area contributed by atoms with Crippen molar-refractivity contribution in [2.45, 2.75) is 31.1 Å². The molecule has 0 radical (unpaired) electrons. The minimum atomic E-state index is -0.994. The Morgan fingerprint density at radius 3 is 2.72 bits per heavy atom. The lowest BCUT2D eigenvalue weighted by Crippen LogP contribution is -2.55. The molecule has 8 heteroatoms. The highest BCUT2D eigenvalue weighted by Gasteiger charge is 2.44. The number of carbonyl (C=O) groups excluding carboxylic acids is 3. The normalized spacial score (nSPS) is 20.9. The Bertz CT molecular complexity index is 997. The molecule has 3 heterocycles. The summed E-state index contributed by atoms with van der Waals surface area (Å²) in [4.78, 5) is 45.3. The van der Waals surface area contributed by atoms with E-state index >= 15 is 0 Å². The maximum Gasteiger partial charge on any atom is 0.254 e. The molecule has 8 nitrogen and oxygen atoms in total. The Hall–Kier alpha value is -3.42. The lowest BCUT2D eigenvalue weighted by Gasteiger charge is -2.40. The lowest BCUT2D eigenvalue weighted by molar-refractivity contribution is -0.128. The Morgan fingerprint density at radius 2 is 2.00 bits per heavy atom. The van der Waals surface area contributed by atoms with E-state index in [-0.39, 0.29) is 18.4 Å². The van der Waals surface area contributed by atoms with E-state index in [1.165, 1.54) is 0 Å². The molecule has 2 aliphatic rings. The van der Waals surface area contributed by atoms with Crippen LogP contribution in [0.3, 0.4) is 0 Å². The number of rotatable bonds is 7. The van der Waals surface area contributed by atoms with Gasteiger partial charge in [0.1, 0.15) is 17.8 Å². The average molecular weight is 437 g/mol. The Morgan fingerprint density at radius 1 is 1.12 bits per heavy atom. The molecule has 4 rings (SSSR count). The highest BCUT2D eigenvalue weighted by Crippen LogP contribution is 2.33. The van der Waals surface area contributed by atoms with Crippen molar-refractivity contribution in [3.05, 3.63) is 59.9 Å². The number of piperidine rings is 1. The molecule has 1 aromatic heterocycles. The smallest absolute Gasteiger partial charge is 0.254 e. The van der Waals surface area contributed by atoms with Crippen molar-refractivity contribution in [1.29, 1.82) is 0 Å². The van der Waals surface area contributed by atoms with Gasteiger partial charge in [-0.1, -0.05) is 12.1 Å². The second kappa shape index (κ2) is 9.38. The van der Waals surface area contributed by atoms with Crippen molar-refractivity contribution in [3.8, 4) is 5.75 Å². The van der Waals surface area contributed by atoms with E-state index in [1.807, 2.05) is 6.07 Å². The lowest BCUT2D eigenvalue weighted by atomic mass is 9.76. The zero-order chi connectivity index (χ0) is 22.6. The van der Waals surface area contributed by atoms with Crippen molar-refractivity contribution in [3.63, 3.8) is 0 Å². The molecule has 168 valence electrons. The van der Waals surface area contributed by atoms with Crippen molar-refractivity contribution in [2.24, 2.45) is 5.73 Å². The monoisotopic (exact) mass is 436 g/mol. The maximum atomic E-state index is 13.3. The molecule has 0 unspecified atom stereocenters. The number of ether oxygens (including phenoxy) is 1. The Kier molecular flexibility index (Phi) is 6.39. The van der Waals surface area contributed by atoms with Gasteiger partial charge in [-0.25, -0.2) is 0 Å². The molecule has 0 bridgehead atoms. The first kappa shape index (κ1) is 21.8. The van der Waals surface area contributed by atoms with Crippen LogP contribution in [0.1, 0.15) is 41.7 Å². The highest BCUT2D eigenvalue weighted by molar-refractivity contribution is 5.96. The third-order valence-electron chi connectivity index (χ3n) is 6.29. The van der Waals surface area contributed by atoms with Gasteiger partial charge in [-0.05, 0) is 49.6 Å². The number of benzene rings is 1. The van der Waals surface area contributed by atoms with Crippen LogP contribution in [0, 0.1) is 0 Å². The second-order valence-corrected chi connectivity index (χ2v) is 8.35. The van der Waals surface area contributed by atoms with E-state index in [9.17, 15) is 14.4 Å². The standard InChI is InChI=1S/C24H28N4O4/c25-23(31)24(20-8-1-2-11-26-20)10-5-13-28(17-24)22(30)18-6-3-7-19(16-18)32-15-14-27-12-4-9-21(27)29/h1-3,6-8,11,16H,4-5,9-10,12-15,17H2,(H2,25,31)/t24-/m1/s1. The molecule has 32 heavy (non-hydrogen) atoms. The van der Waals surface area contributed by atoms with Crippen LogP contribution >= 0.6 is 0 Å². The summed E-state index contributed by atoms with van der Waals surface area (Å²) in [7, 11) is 0. The number of amides is 3. The number of nitrogens with two attached hydrogens (primary N) is 1. The van der Waals surface area contributed by atoms with Gasteiger partial charge in [-0.15, -0.1) is 0 Å². The third-order valence-corrected chi connectivity index (χ3v) is 6.29. The molecule has 1 atom stereocenters. The van der Waals surface area contributed by atoms with Crippen molar-refractivity contribution < 1.29 is 19.1 Å². The third kappa shape index (κ3) is 4.44. The van der Waals surface area contributed by atoms with Crippen molar-refractivity contribution in [1.82, 2.24) is 14.8 Å². The fraction of sp³-hybridized carbons (Fsp3) is 0.417. The SMILES string of the molecule is NC(=O)[C@]1(c2ccccn2)CCCN(C(=O)c2cccc(OCCN3CCCC3=O)c2)C1. The first-order valence-corrected chi connectivity index (χ1v) is 11.0. The minimum Gasteiger partial charge on any atom is -0.492 e. The number of hydrogen-bond donors (Lipinski definition) is 1. The highest BCUT2D eigenvalue weighted by atomic mass is 16.5. The molecule has 0 saturated carbocycles. The summed E-state index contributed by atoms with van der Waals surface area (Å²) >= 11 is 0. The van der Waals surface area contributed by atoms with Gasteiger partial charge in [0, 0.05) is 37.8 Å². The molecular weight excluding hydrogens is 408 g/mol. The predicted molar refractivity (Wildman–Crippen MR) is 118 cm³/mol. The first-order valence-electron chi connectivity index (χ1n) is 11.0. The predicted octanol–water partition coefficient (Wildman–Crippen LogP) is 1.74. The summed E-state index contributed by atoms with van der Waals surface area (Å²) in [6.45, 7) is 2.42. The van der Waals surface area contributed by atoms with Crippen LogP contribution < -0.4 is 10.5 Å². The zero-order valence-corrected chi connectivity index (χ0v) is 18.0. The largest absolute Gasteiger partial charge is 0.492 e. The molecular formula is C24H28N4O4. The molecule has 2 fully saturated rings. The number of primary amides is 1. The van der Waals surface area contributed by atoms with E-state index in [1.54, 1.807) is 52.4 Å². The van der Waals surface area contributed by atoms with Crippen LogP contribution in [0.15, 0.2) is 48.7 Å². The second-order valence-electron chi connectivity index (χ2n) is 8.35. The van der Waals surface area contributed by atoms with Gasteiger partial charge < -0.3 is 20.3 Å². The average Bonchev–Trinajstić information content (AvgIpc) is 3.24. The fourth-order valence-electron chi connectivity index (χ4n) is 4.53. The summed E-state index contributed by atoms with van der Waals surface area (Å²) < 4.78 is 5.79. The topological polar surface area (TPSA) is 106 Å². The number of carbonyl (C=O) groups is 3. The number of likely N-dealkylation sites (tertiary alicyclic amines) is 2. The Labute approximate surface area is 187 Å². The molecule has 2 aliphatic heterocycles. The van der Waals surface area contributed by atoms with Gasteiger partial charge in [0.25, 0.3) is 5.91 Å². The summed E-state index contributed by atoms with van der Waals surface area (Å²) in [6, 6.07) is 12.4. The Balaban J connectivity index is 1.45. The number of hydrogen-bond acceptors (Lipinski definition) is 5. The molecule has 1 aromatic carbocycles. The quantitative estimate of drug-likeness (QED) is 0.712. The molecule has 3 amide bonds. The maximum absolute atomic E-state index is 13.3. The van der Waals surface area contributed by atoms with E-state index in [4.69, 9.17) is 10.5 Å². The number of nitrogens with zero attached hydrogens (tertiary/aromatic N) is 3. The molecule has 2 saturated heterocycles. The first-order chi connectivity index (χ1) is 15.5. The van der Waals surface area contributed by atoms with Crippen LogP contribution in [0.4, 0.5) is 0 Å². The van der Waals surface area contributed by atoms with Gasteiger partial charge >= 0.3 is 0 Å². The van der Waals surface area contributed by atoms with Crippen LogP contribution in [-0.4, -0.2) is 65.3 Å². The van der Waals surface area contributed by atoms with Crippen LogP contribution in [0.2, 0.25) is 0 Å². The summed E-state index contributed by atoms with van der Waals surface area (Å²) in [6.07, 6.45) is 4.35. The number of pyridine rings is 1. The molecule has 0 spiro atoms. The fourth-order valence-corrected chi connectivity index (χ4v) is 4.53. The van der Waals surface area contributed by atoms with Crippen molar-refractivity contribution >= 4 is 17.7 Å². The van der Waals surface area contributed by atoms with Gasteiger partial charge in [-0.2, -0.15) is 0 Å². The van der Waals surface area contributed by atoms with Gasteiger partial charge in [-0.3, -0.25) is 19.4 Å². The molecule has 0 aliphatic carbocycles. The number of aromatic nitrogens is 1. The summed E-state index contributed by atoms with van der Waals surface area (Å²) in [5.74, 6) is 0.0903. The molecule has 2 aromatic rings. The van der Waals surface area contributed by atoms with Gasteiger partial charge in [0.2, 0.25) is 11.8 Å². The van der Waals surface area contributed by atoms with Crippen LogP contribution in [0.5, 0.6) is 5.75 Å². The van der Waals surface area contributed by atoms with E-state index in [0.29, 0.717) is 56.0 Å².